The number of fused-ring (bicyclic) bond motifs is 1. The maximum absolute atomic E-state index is 6.24. The van der Waals surface area contributed by atoms with E-state index in [-0.39, 0.29) is 0 Å². The van der Waals surface area contributed by atoms with Gasteiger partial charge in [0, 0.05) is 11.8 Å². The molecular formula is C21H32ClNO. The van der Waals surface area contributed by atoms with Crippen molar-refractivity contribution in [3.05, 3.63) is 59.5 Å². The predicted molar refractivity (Wildman–Crippen MR) is 111 cm³/mol. The summed E-state index contributed by atoms with van der Waals surface area (Å²) >= 11 is 6.24. The third-order valence-electron chi connectivity index (χ3n) is 2.73. The molecule has 0 aliphatic rings. The van der Waals surface area contributed by atoms with Gasteiger partial charge in [0.15, 0.2) is 0 Å². The first-order valence-electron chi connectivity index (χ1n) is 8.68. The standard InChI is InChI=1S/C15H14ClNO.3C2H6/c1-4-6-7-11(5-2)13-10(3)18-15-14(13)12(16)8-9-17-15;3*1-2/h4-9H,1H2,2-3H3;3*1-2H3/b7-6-,11-5+;;;. The number of aryl methyl sites for hydroxylation is 1. The molecule has 2 aromatic heterocycles. The van der Waals surface area contributed by atoms with Gasteiger partial charge in [0.25, 0.3) is 0 Å². The largest absolute Gasteiger partial charge is 0.442 e. The molecule has 0 aliphatic carbocycles. The molecule has 0 amide bonds. The number of nitrogens with zero attached hydrogens (tertiary/aromatic N) is 1. The molecule has 3 heteroatoms. The summed E-state index contributed by atoms with van der Waals surface area (Å²) in [6.45, 7) is 19.6. The third-order valence-corrected chi connectivity index (χ3v) is 3.04. The second-order valence-electron chi connectivity index (χ2n) is 3.85. The Morgan fingerprint density at radius 1 is 1.17 bits per heavy atom. The second-order valence-corrected chi connectivity index (χ2v) is 4.25. The lowest BCUT2D eigenvalue weighted by molar-refractivity contribution is 0.566. The summed E-state index contributed by atoms with van der Waals surface area (Å²) < 4.78 is 5.65. The lowest BCUT2D eigenvalue weighted by Crippen LogP contribution is -1.83. The van der Waals surface area contributed by atoms with Gasteiger partial charge in [-0.1, -0.05) is 84.0 Å². The number of hydrogen-bond donors (Lipinski definition) is 0. The van der Waals surface area contributed by atoms with Crippen LogP contribution in [0.5, 0.6) is 0 Å². The van der Waals surface area contributed by atoms with E-state index in [0.29, 0.717) is 10.7 Å². The van der Waals surface area contributed by atoms with Gasteiger partial charge in [-0.3, -0.25) is 0 Å². The van der Waals surface area contributed by atoms with Crippen LogP contribution in [0.1, 0.15) is 59.8 Å². The Balaban J connectivity index is 0. The highest BCUT2D eigenvalue weighted by Crippen LogP contribution is 2.35. The van der Waals surface area contributed by atoms with Gasteiger partial charge in [-0.05, 0) is 25.5 Å². The van der Waals surface area contributed by atoms with Gasteiger partial charge in [0.2, 0.25) is 5.71 Å². The zero-order valence-electron chi connectivity index (χ0n) is 16.4. The fourth-order valence-electron chi connectivity index (χ4n) is 1.94. The van der Waals surface area contributed by atoms with Gasteiger partial charge in [0.1, 0.15) is 5.76 Å². The summed E-state index contributed by atoms with van der Waals surface area (Å²) in [4.78, 5) is 4.20. The number of allylic oxidation sites excluding steroid dienone is 5. The fraction of sp³-hybridized carbons (Fsp3) is 0.381. The molecule has 0 saturated heterocycles. The Kier molecular flexibility index (Phi) is 15.0. The topological polar surface area (TPSA) is 26.0 Å². The average Bonchev–Trinajstić information content (AvgIpc) is 2.98. The van der Waals surface area contributed by atoms with Crippen molar-refractivity contribution in [3.63, 3.8) is 0 Å². The van der Waals surface area contributed by atoms with Gasteiger partial charge in [-0.2, -0.15) is 0 Å². The van der Waals surface area contributed by atoms with E-state index in [9.17, 15) is 0 Å². The molecule has 2 aromatic rings. The Morgan fingerprint density at radius 2 is 1.75 bits per heavy atom. The molecular weight excluding hydrogens is 318 g/mol. The van der Waals surface area contributed by atoms with Crippen LogP contribution in [-0.4, -0.2) is 4.98 Å². The number of furan rings is 1. The lowest BCUT2D eigenvalue weighted by Gasteiger charge is -2.01. The molecule has 0 atom stereocenters. The molecule has 134 valence electrons. The summed E-state index contributed by atoms with van der Waals surface area (Å²) in [6, 6.07) is 1.77. The zero-order chi connectivity index (χ0) is 19.1. The van der Waals surface area contributed by atoms with Crippen LogP contribution < -0.4 is 0 Å². The molecule has 0 bridgehead atoms. The van der Waals surface area contributed by atoms with Crippen molar-refractivity contribution in [2.45, 2.75) is 55.4 Å². The van der Waals surface area contributed by atoms with E-state index in [1.807, 2.05) is 73.6 Å². The van der Waals surface area contributed by atoms with E-state index in [0.717, 1.165) is 22.3 Å². The van der Waals surface area contributed by atoms with E-state index in [2.05, 4.69) is 11.6 Å². The molecule has 2 nitrogen and oxygen atoms in total. The summed E-state index contributed by atoms with van der Waals surface area (Å²) in [5.41, 5.74) is 2.60. The quantitative estimate of drug-likeness (QED) is 0.524. The normalized spacial score (nSPS) is 10.1. The van der Waals surface area contributed by atoms with Gasteiger partial charge < -0.3 is 4.42 Å². The van der Waals surface area contributed by atoms with E-state index >= 15 is 0 Å². The third kappa shape index (κ3) is 6.37. The SMILES string of the molecule is C=C/C=C\C(=C/C)c1c(C)oc2nccc(Cl)c12.CC.CC.CC. The molecule has 0 fully saturated rings. The minimum atomic E-state index is 0.571. The van der Waals surface area contributed by atoms with Crippen LogP contribution in [-0.2, 0) is 0 Å². The van der Waals surface area contributed by atoms with Crippen LogP contribution >= 0.6 is 11.6 Å². The maximum atomic E-state index is 6.24. The first-order valence-corrected chi connectivity index (χ1v) is 9.06. The highest BCUT2D eigenvalue weighted by Gasteiger charge is 2.16. The predicted octanol–water partition coefficient (Wildman–Crippen LogP) is 8.01. The maximum Gasteiger partial charge on any atom is 0.228 e. The Hall–Kier alpha value is -1.80. The molecule has 24 heavy (non-hydrogen) atoms. The molecule has 2 rings (SSSR count). The van der Waals surface area contributed by atoms with Gasteiger partial charge in [-0.15, -0.1) is 0 Å². The molecule has 0 radical (unpaired) electrons. The highest BCUT2D eigenvalue weighted by molar-refractivity contribution is 6.36. The van der Waals surface area contributed by atoms with Crippen LogP contribution in [0.3, 0.4) is 0 Å². The van der Waals surface area contributed by atoms with Crippen molar-refractivity contribution < 1.29 is 4.42 Å². The van der Waals surface area contributed by atoms with E-state index in [1.165, 1.54) is 0 Å². The molecule has 2 heterocycles. The fourth-order valence-corrected chi connectivity index (χ4v) is 2.17. The average molecular weight is 350 g/mol. The summed E-state index contributed by atoms with van der Waals surface area (Å²) in [6.07, 6.45) is 9.26. The van der Waals surface area contributed by atoms with Crippen molar-refractivity contribution in [2.75, 3.05) is 0 Å². The first kappa shape index (κ1) is 24.5. The zero-order valence-corrected chi connectivity index (χ0v) is 17.2. The number of pyridine rings is 1. The smallest absolute Gasteiger partial charge is 0.228 e. The van der Waals surface area contributed by atoms with Crippen LogP contribution in [0.4, 0.5) is 0 Å². The number of hydrogen-bond acceptors (Lipinski definition) is 2. The first-order chi connectivity index (χ1) is 11.7. The minimum Gasteiger partial charge on any atom is -0.442 e. The molecule has 0 aromatic carbocycles. The van der Waals surface area contributed by atoms with Crippen molar-refractivity contribution in [2.24, 2.45) is 0 Å². The lowest BCUT2D eigenvalue weighted by atomic mass is 10.0. The summed E-state index contributed by atoms with van der Waals surface area (Å²) in [7, 11) is 0. The monoisotopic (exact) mass is 349 g/mol. The molecule has 0 unspecified atom stereocenters. The van der Waals surface area contributed by atoms with Crippen molar-refractivity contribution in [3.8, 4) is 0 Å². The van der Waals surface area contributed by atoms with Crippen LogP contribution in [0.2, 0.25) is 5.02 Å². The summed E-state index contributed by atoms with van der Waals surface area (Å²) in [5.74, 6) is 0.812. The van der Waals surface area contributed by atoms with E-state index < -0.39 is 0 Å². The Labute approximate surface area is 152 Å². The van der Waals surface area contributed by atoms with Crippen LogP contribution in [0.25, 0.3) is 16.7 Å². The molecule has 0 aliphatic heterocycles. The van der Waals surface area contributed by atoms with Crippen molar-refractivity contribution >= 4 is 28.3 Å². The number of aromatic nitrogens is 1. The molecule has 0 spiro atoms. The van der Waals surface area contributed by atoms with Crippen molar-refractivity contribution in [1.82, 2.24) is 4.98 Å². The molecule has 0 N–H and O–H groups in total. The van der Waals surface area contributed by atoms with E-state index in [1.54, 1.807) is 18.3 Å². The van der Waals surface area contributed by atoms with Crippen LogP contribution in [0.15, 0.2) is 47.6 Å². The minimum absolute atomic E-state index is 0.571. The van der Waals surface area contributed by atoms with Gasteiger partial charge in [-0.25, -0.2) is 4.98 Å². The Bertz CT molecular complexity index is 651. The number of halogens is 1. The van der Waals surface area contributed by atoms with E-state index in [4.69, 9.17) is 16.0 Å². The number of rotatable bonds is 3. The Morgan fingerprint density at radius 3 is 2.25 bits per heavy atom. The van der Waals surface area contributed by atoms with Crippen molar-refractivity contribution in [1.29, 1.82) is 0 Å². The van der Waals surface area contributed by atoms with Gasteiger partial charge in [0.05, 0.1) is 10.4 Å². The second kappa shape index (κ2) is 14.8. The highest BCUT2D eigenvalue weighted by atomic mass is 35.5. The molecule has 0 saturated carbocycles. The van der Waals surface area contributed by atoms with Crippen LogP contribution in [0, 0.1) is 6.92 Å². The summed E-state index contributed by atoms with van der Waals surface area (Å²) in [5, 5.41) is 1.51. The van der Waals surface area contributed by atoms with Gasteiger partial charge >= 0.3 is 0 Å².